The lowest BCUT2D eigenvalue weighted by Crippen LogP contribution is -2.50. The van der Waals surface area contributed by atoms with Gasteiger partial charge in [0.1, 0.15) is 11.8 Å². The van der Waals surface area contributed by atoms with Gasteiger partial charge in [-0.3, -0.25) is 9.59 Å². The standard InChI is InChI=1S/C24H29ClN2O3/c1-17(24(29)26-20-8-4-5-9-20)27(16-18-11-13-21(30-2)14-12-18)23(28)15-19-7-3-6-10-22(19)25/h3,6-7,10-14,17,20H,4-5,8-9,15-16H2,1-2H3,(H,26,29)/t17-/m0/s1. The minimum atomic E-state index is -0.581. The molecule has 1 saturated carbocycles. The number of hydrogen-bond donors (Lipinski definition) is 1. The zero-order chi connectivity index (χ0) is 21.5. The third-order valence-corrected chi connectivity index (χ3v) is 6.05. The van der Waals surface area contributed by atoms with Crippen molar-refractivity contribution in [1.29, 1.82) is 0 Å². The van der Waals surface area contributed by atoms with Crippen molar-refractivity contribution in [1.82, 2.24) is 10.2 Å². The van der Waals surface area contributed by atoms with Crippen LogP contribution in [0.3, 0.4) is 0 Å². The summed E-state index contributed by atoms with van der Waals surface area (Å²) in [6.45, 7) is 2.13. The van der Waals surface area contributed by atoms with Gasteiger partial charge >= 0.3 is 0 Å². The molecular weight excluding hydrogens is 400 g/mol. The Morgan fingerprint density at radius 1 is 1.13 bits per heavy atom. The summed E-state index contributed by atoms with van der Waals surface area (Å²) in [6.07, 6.45) is 4.44. The smallest absolute Gasteiger partial charge is 0.242 e. The van der Waals surface area contributed by atoms with Crippen LogP contribution in [0.1, 0.15) is 43.7 Å². The Labute approximate surface area is 183 Å². The number of hydrogen-bond acceptors (Lipinski definition) is 3. The van der Waals surface area contributed by atoms with Gasteiger partial charge in [0.2, 0.25) is 11.8 Å². The molecule has 6 heteroatoms. The second-order valence-electron chi connectivity index (χ2n) is 7.80. The highest BCUT2D eigenvalue weighted by molar-refractivity contribution is 6.31. The Kier molecular flexibility index (Phi) is 7.75. The minimum Gasteiger partial charge on any atom is -0.497 e. The third kappa shape index (κ3) is 5.76. The topological polar surface area (TPSA) is 58.6 Å². The highest BCUT2D eigenvalue weighted by atomic mass is 35.5. The van der Waals surface area contributed by atoms with Crippen LogP contribution in [0, 0.1) is 0 Å². The molecular formula is C24H29ClN2O3. The Bertz CT molecular complexity index is 863. The van der Waals surface area contributed by atoms with E-state index in [-0.39, 0.29) is 24.3 Å². The summed E-state index contributed by atoms with van der Waals surface area (Å²) in [5.41, 5.74) is 1.69. The molecule has 0 heterocycles. The molecule has 0 aliphatic heterocycles. The van der Waals surface area contributed by atoms with Crippen LogP contribution in [0.15, 0.2) is 48.5 Å². The largest absolute Gasteiger partial charge is 0.497 e. The molecule has 1 fully saturated rings. The maximum Gasteiger partial charge on any atom is 0.242 e. The van der Waals surface area contributed by atoms with E-state index in [1.807, 2.05) is 42.5 Å². The number of carbonyl (C=O) groups is 2. The van der Waals surface area contributed by atoms with E-state index in [4.69, 9.17) is 16.3 Å². The van der Waals surface area contributed by atoms with E-state index < -0.39 is 6.04 Å². The van der Waals surface area contributed by atoms with E-state index in [1.165, 1.54) is 0 Å². The number of nitrogens with zero attached hydrogens (tertiary/aromatic N) is 1. The van der Waals surface area contributed by atoms with Crippen LogP contribution in [0.25, 0.3) is 0 Å². The van der Waals surface area contributed by atoms with Crippen LogP contribution in [-0.2, 0) is 22.6 Å². The number of carbonyl (C=O) groups excluding carboxylic acids is 2. The van der Waals surface area contributed by atoms with Gasteiger partial charge in [-0.2, -0.15) is 0 Å². The molecule has 2 aromatic rings. The summed E-state index contributed by atoms with van der Waals surface area (Å²) in [6, 6.07) is 14.5. The first-order valence-electron chi connectivity index (χ1n) is 10.4. The molecule has 160 valence electrons. The van der Waals surface area contributed by atoms with Crippen molar-refractivity contribution >= 4 is 23.4 Å². The number of ether oxygens (including phenoxy) is 1. The lowest BCUT2D eigenvalue weighted by atomic mass is 10.1. The van der Waals surface area contributed by atoms with Crippen LogP contribution in [-0.4, -0.2) is 35.9 Å². The molecule has 1 N–H and O–H groups in total. The summed E-state index contributed by atoms with van der Waals surface area (Å²) >= 11 is 6.26. The van der Waals surface area contributed by atoms with Gasteiger partial charge in [-0.05, 0) is 49.1 Å². The second kappa shape index (κ2) is 10.5. The predicted molar refractivity (Wildman–Crippen MR) is 119 cm³/mol. The highest BCUT2D eigenvalue weighted by Crippen LogP contribution is 2.21. The average molecular weight is 429 g/mol. The average Bonchev–Trinajstić information content (AvgIpc) is 3.26. The number of rotatable bonds is 8. The lowest BCUT2D eigenvalue weighted by Gasteiger charge is -2.30. The summed E-state index contributed by atoms with van der Waals surface area (Å²) in [4.78, 5) is 27.8. The van der Waals surface area contributed by atoms with Crippen molar-refractivity contribution in [3.63, 3.8) is 0 Å². The van der Waals surface area contributed by atoms with E-state index in [0.29, 0.717) is 11.6 Å². The van der Waals surface area contributed by atoms with Crippen molar-refractivity contribution in [3.8, 4) is 5.75 Å². The van der Waals surface area contributed by atoms with E-state index in [1.54, 1.807) is 25.0 Å². The maximum atomic E-state index is 13.2. The zero-order valence-electron chi connectivity index (χ0n) is 17.6. The molecule has 1 aliphatic carbocycles. The molecule has 30 heavy (non-hydrogen) atoms. The monoisotopic (exact) mass is 428 g/mol. The normalized spacial score (nSPS) is 14.9. The van der Waals surface area contributed by atoms with Gasteiger partial charge in [-0.25, -0.2) is 0 Å². The SMILES string of the molecule is COc1ccc(CN(C(=O)Cc2ccccc2Cl)[C@@H](C)C(=O)NC2CCCC2)cc1. The van der Waals surface area contributed by atoms with Gasteiger partial charge in [-0.15, -0.1) is 0 Å². The minimum absolute atomic E-state index is 0.108. The first-order chi connectivity index (χ1) is 14.5. The first-order valence-corrected chi connectivity index (χ1v) is 10.8. The predicted octanol–water partition coefficient (Wildman–Crippen LogP) is 4.37. The second-order valence-corrected chi connectivity index (χ2v) is 8.21. The van der Waals surface area contributed by atoms with Crippen LogP contribution in [0.5, 0.6) is 5.75 Å². The molecule has 2 amide bonds. The summed E-state index contributed by atoms with van der Waals surface area (Å²) in [5, 5.41) is 3.67. The summed E-state index contributed by atoms with van der Waals surface area (Å²) < 4.78 is 5.21. The maximum absolute atomic E-state index is 13.2. The first kappa shape index (κ1) is 22.2. The number of halogens is 1. The third-order valence-electron chi connectivity index (χ3n) is 5.68. The van der Waals surface area contributed by atoms with E-state index in [9.17, 15) is 9.59 Å². The van der Waals surface area contributed by atoms with Crippen LogP contribution < -0.4 is 10.1 Å². The van der Waals surface area contributed by atoms with Gasteiger partial charge < -0.3 is 15.0 Å². The molecule has 2 aromatic carbocycles. The Hall–Kier alpha value is -2.53. The Morgan fingerprint density at radius 3 is 2.43 bits per heavy atom. The molecule has 1 aliphatic rings. The molecule has 1 atom stereocenters. The number of amides is 2. The lowest BCUT2D eigenvalue weighted by molar-refractivity contribution is -0.140. The van der Waals surface area contributed by atoms with Crippen LogP contribution in [0.2, 0.25) is 5.02 Å². The molecule has 0 unspecified atom stereocenters. The fourth-order valence-electron chi connectivity index (χ4n) is 3.81. The van der Waals surface area contributed by atoms with Crippen molar-refractivity contribution in [2.45, 2.75) is 57.7 Å². The quantitative estimate of drug-likeness (QED) is 0.679. The van der Waals surface area contributed by atoms with Gasteiger partial charge in [0, 0.05) is 17.6 Å². The highest BCUT2D eigenvalue weighted by Gasteiger charge is 2.28. The van der Waals surface area contributed by atoms with Gasteiger partial charge in [0.05, 0.1) is 13.5 Å². The zero-order valence-corrected chi connectivity index (χ0v) is 18.3. The molecule has 0 saturated heterocycles. The van der Waals surface area contributed by atoms with Crippen molar-refractivity contribution < 1.29 is 14.3 Å². The summed E-state index contributed by atoms with van der Waals surface area (Å²) in [7, 11) is 1.61. The van der Waals surface area contributed by atoms with Gasteiger partial charge in [0.15, 0.2) is 0 Å². The molecule has 5 nitrogen and oxygen atoms in total. The van der Waals surface area contributed by atoms with E-state index >= 15 is 0 Å². The van der Waals surface area contributed by atoms with Crippen LogP contribution >= 0.6 is 11.6 Å². The fraction of sp³-hybridized carbons (Fsp3) is 0.417. The Balaban J connectivity index is 1.77. The number of methoxy groups -OCH3 is 1. The number of benzene rings is 2. The molecule has 0 spiro atoms. The Morgan fingerprint density at radius 2 is 1.80 bits per heavy atom. The molecule has 0 aromatic heterocycles. The van der Waals surface area contributed by atoms with Crippen molar-refractivity contribution in [2.24, 2.45) is 0 Å². The van der Waals surface area contributed by atoms with Crippen LogP contribution in [0.4, 0.5) is 0 Å². The van der Waals surface area contributed by atoms with Crippen molar-refractivity contribution in [3.05, 3.63) is 64.7 Å². The number of nitrogens with one attached hydrogen (secondary N) is 1. The summed E-state index contributed by atoms with van der Waals surface area (Å²) in [5.74, 6) is 0.510. The fourth-order valence-corrected chi connectivity index (χ4v) is 4.01. The van der Waals surface area contributed by atoms with Gasteiger partial charge in [0.25, 0.3) is 0 Å². The molecule has 0 bridgehead atoms. The van der Waals surface area contributed by atoms with E-state index in [0.717, 1.165) is 42.6 Å². The van der Waals surface area contributed by atoms with E-state index in [2.05, 4.69) is 5.32 Å². The molecule has 0 radical (unpaired) electrons. The van der Waals surface area contributed by atoms with Crippen molar-refractivity contribution in [2.75, 3.05) is 7.11 Å². The van der Waals surface area contributed by atoms with Gasteiger partial charge in [-0.1, -0.05) is 54.8 Å². The molecule has 3 rings (SSSR count).